The first-order valence-electron chi connectivity index (χ1n) is 7.26. The van der Waals surface area contributed by atoms with Gasteiger partial charge < -0.3 is 19.1 Å². The third-order valence-corrected chi connectivity index (χ3v) is 4.24. The van der Waals surface area contributed by atoms with Gasteiger partial charge in [0.2, 0.25) is 0 Å². The maximum atomic E-state index is 9.87. The van der Waals surface area contributed by atoms with Crippen LogP contribution in [0.3, 0.4) is 0 Å². The number of ether oxygens (including phenoxy) is 2. The van der Waals surface area contributed by atoms with E-state index in [4.69, 9.17) is 14.0 Å². The maximum Gasteiger partial charge on any atom is 0.173 e. The predicted octanol–water partition coefficient (Wildman–Crippen LogP) is 4.28. The molecular formula is C18H16BrNO4. The second-order valence-corrected chi connectivity index (χ2v) is 5.96. The summed E-state index contributed by atoms with van der Waals surface area (Å²) >= 11 is 3.40. The summed E-state index contributed by atoms with van der Waals surface area (Å²) in [5.74, 6) is 1.67. The Balaban J connectivity index is 2.16. The minimum atomic E-state index is -0.204. The summed E-state index contributed by atoms with van der Waals surface area (Å²) < 4.78 is 17.3. The highest BCUT2D eigenvalue weighted by molar-refractivity contribution is 9.10. The second-order valence-electron chi connectivity index (χ2n) is 5.04. The van der Waals surface area contributed by atoms with Gasteiger partial charge in [-0.05, 0) is 24.3 Å². The van der Waals surface area contributed by atoms with Gasteiger partial charge in [-0.1, -0.05) is 39.3 Å². The minimum absolute atomic E-state index is 0.204. The lowest BCUT2D eigenvalue weighted by molar-refractivity contribution is 0.281. The first-order valence-corrected chi connectivity index (χ1v) is 8.05. The molecule has 0 unspecified atom stereocenters. The number of hydrogen-bond donors (Lipinski definition) is 1. The van der Waals surface area contributed by atoms with Gasteiger partial charge in [-0.25, -0.2) is 0 Å². The van der Waals surface area contributed by atoms with Crippen molar-refractivity contribution in [3.63, 3.8) is 0 Å². The van der Waals surface area contributed by atoms with Crippen molar-refractivity contribution in [1.29, 1.82) is 0 Å². The van der Waals surface area contributed by atoms with Gasteiger partial charge in [0.15, 0.2) is 17.3 Å². The molecule has 2 aromatic carbocycles. The van der Waals surface area contributed by atoms with Crippen molar-refractivity contribution in [2.24, 2.45) is 0 Å². The fourth-order valence-electron chi connectivity index (χ4n) is 2.57. The van der Waals surface area contributed by atoms with E-state index < -0.39 is 0 Å². The highest BCUT2D eigenvalue weighted by Gasteiger charge is 2.22. The molecule has 1 aromatic heterocycles. The van der Waals surface area contributed by atoms with Crippen LogP contribution < -0.4 is 9.47 Å². The lowest BCUT2D eigenvalue weighted by Gasteiger charge is -2.11. The van der Waals surface area contributed by atoms with Crippen molar-refractivity contribution in [2.75, 3.05) is 14.2 Å². The number of nitrogens with zero attached hydrogens (tertiary/aromatic N) is 1. The van der Waals surface area contributed by atoms with Crippen LogP contribution in [-0.2, 0) is 6.61 Å². The molecular weight excluding hydrogens is 374 g/mol. The molecule has 0 saturated heterocycles. The zero-order valence-electron chi connectivity index (χ0n) is 13.2. The molecule has 0 aliphatic carbocycles. The van der Waals surface area contributed by atoms with Gasteiger partial charge in [-0.3, -0.25) is 0 Å². The van der Waals surface area contributed by atoms with Crippen molar-refractivity contribution in [3.8, 4) is 34.1 Å². The molecule has 6 heteroatoms. The minimum Gasteiger partial charge on any atom is -0.493 e. The summed E-state index contributed by atoms with van der Waals surface area (Å²) in [7, 11) is 3.14. The zero-order valence-corrected chi connectivity index (χ0v) is 14.8. The smallest absolute Gasteiger partial charge is 0.173 e. The Morgan fingerprint density at radius 2 is 1.83 bits per heavy atom. The Labute approximate surface area is 147 Å². The summed E-state index contributed by atoms with van der Waals surface area (Å²) in [6.07, 6.45) is 0. The molecule has 5 nitrogen and oxygen atoms in total. The van der Waals surface area contributed by atoms with Gasteiger partial charge in [-0.15, -0.1) is 0 Å². The molecule has 0 saturated carbocycles. The molecule has 3 aromatic rings. The molecule has 0 fully saturated rings. The number of halogens is 1. The number of aliphatic hydroxyl groups is 1. The van der Waals surface area contributed by atoms with Crippen LogP contribution in [0.1, 0.15) is 5.56 Å². The number of aliphatic hydroxyl groups excluding tert-OH is 1. The Morgan fingerprint density at radius 3 is 2.46 bits per heavy atom. The summed E-state index contributed by atoms with van der Waals surface area (Å²) in [5, 5.41) is 14.0. The molecule has 1 heterocycles. The van der Waals surface area contributed by atoms with E-state index in [1.54, 1.807) is 20.3 Å². The molecule has 0 aliphatic rings. The van der Waals surface area contributed by atoms with E-state index in [1.807, 2.05) is 36.4 Å². The highest BCUT2D eigenvalue weighted by Crippen LogP contribution is 2.41. The van der Waals surface area contributed by atoms with Crippen LogP contribution in [0.5, 0.6) is 11.5 Å². The van der Waals surface area contributed by atoms with Crippen LogP contribution in [0, 0.1) is 0 Å². The molecule has 24 heavy (non-hydrogen) atoms. The summed E-state index contributed by atoms with van der Waals surface area (Å²) in [4.78, 5) is 0. The van der Waals surface area contributed by atoms with E-state index >= 15 is 0 Å². The molecule has 0 spiro atoms. The molecule has 0 atom stereocenters. The number of hydrogen-bond acceptors (Lipinski definition) is 5. The zero-order chi connectivity index (χ0) is 17.1. The fourth-order valence-corrected chi connectivity index (χ4v) is 2.83. The largest absolute Gasteiger partial charge is 0.493 e. The van der Waals surface area contributed by atoms with Gasteiger partial charge >= 0.3 is 0 Å². The van der Waals surface area contributed by atoms with E-state index in [0.29, 0.717) is 34.1 Å². The number of rotatable bonds is 5. The average molecular weight is 390 g/mol. The van der Waals surface area contributed by atoms with E-state index in [2.05, 4.69) is 21.1 Å². The van der Waals surface area contributed by atoms with Crippen molar-refractivity contribution < 1.29 is 19.1 Å². The van der Waals surface area contributed by atoms with Crippen LogP contribution in [0.15, 0.2) is 51.5 Å². The van der Waals surface area contributed by atoms with Gasteiger partial charge in [-0.2, -0.15) is 0 Å². The Kier molecular flexibility index (Phi) is 4.87. The third kappa shape index (κ3) is 2.90. The number of para-hydroxylation sites is 1. The SMILES string of the molecule is COc1cccc(-c2noc(-c3ccc(Br)cc3)c2CO)c1OC. The van der Waals surface area contributed by atoms with Crippen LogP contribution in [-0.4, -0.2) is 24.5 Å². The van der Waals surface area contributed by atoms with Crippen molar-refractivity contribution in [2.45, 2.75) is 6.61 Å². The first kappa shape index (κ1) is 16.5. The molecule has 0 amide bonds. The quantitative estimate of drug-likeness (QED) is 0.705. The van der Waals surface area contributed by atoms with Crippen molar-refractivity contribution in [1.82, 2.24) is 5.16 Å². The van der Waals surface area contributed by atoms with Crippen molar-refractivity contribution in [3.05, 3.63) is 52.5 Å². The lowest BCUT2D eigenvalue weighted by Crippen LogP contribution is -1.95. The molecule has 124 valence electrons. The molecule has 0 bridgehead atoms. The van der Waals surface area contributed by atoms with E-state index in [1.165, 1.54) is 0 Å². The molecule has 0 radical (unpaired) electrons. The third-order valence-electron chi connectivity index (χ3n) is 3.71. The Hall–Kier alpha value is -2.31. The maximum absolute atomic E-state index is 9.87. The van der Waals surface area contributed by atoms with E-state index in [-0.39, 0.29) is 6.61 Å². The number of methoxy groups -OCH3 is 2. The topological polar surface area (TPSA) is 64.7 Å². The molecule has 0 aliphatic heterocycles. The predicted molar refractivity (Wildman–Crippen MR) is 94.1 cm³/mol. The van der Waals surface area contributed by atoms with Crippen LogP contribution >= 0.6 is 15.9 Å². The monoisotopic (exact) mass is 389 g/mol. The molecule has 1 N–H and O–H groups in total. The van der Waals surface area contributed by atoms with Crippen LogP contribution in [0.2, 0.25) is 0 Å². The highest BCUT2D eigenvalue weighted by atomic mass is 79.9. The van der Waals surface area contributed by atoms with Gasteiger partial charge in [0, 0.05) is 10.0 Å². The number of aromatic nitrogens is 1. The van der Waals surface area contributed by atoms with Crippen LogP contribution in [0.25, 0.3) is 22.6 Å². The Morgan fingerprint density at radius 1 is 1.08 bits per heavy atom. The van der Waals surface area contributed by atoms with Crippen LogP contribution in [0.4, 0.5) is 0 Å². The first-order chi connectivity index (χ1) is 11.7. The van der Waals surface area contributed by atoms with Gasteiger partial charge in [0.05, 0.1) is 32.0 Å². The van der Waals surface area contributed by atoms with Crippen molar-refractivity contribution >= 4 is 15.9 Å². The van der Waals surface area contributed by atoms with E-state index in [9.17, 15) is 5.11 Å². The summed E-state index contributed by atoms with van der Waals surface area (Å²) in [6, 6.07) is 13.1. The summed E-state index contributed by atoms with van der Waals surface area (Å²) in [6.45, 7) is -0.204. The van der Waals surface area contributed by atoms with Gasteiger partial charge in [0.25, 0.3) is 0 Å². The Bertz CT molecular complexity index is 843. The lowest BCUT2D eigenvalue weighted by atomic mass is 10.0. The fraction of sp³-hybridized carbons (Fsp3) is 0.167. The second kappa shape index (κ2) is 7.07. The average Bonchev–Trinajstić information content (AvgIpc) is 3.05. The normalized spacial score (nSPS) is 10.7. The molecule has 3 rings (SSSR count). The summed E-state index contributed by atoms with van der Waals surface area (Å²) in [5.41, 5.74) is 2.67. The number of benzene rings is 2. The van der Waals surface area contributed by atoms with E-state index in [0.717, 1.165) is 10.0 Å². The standard InChI is InChI=1S/C18H16BrNO4/c1-22-15-5-3-4-13(18(15)23-2)16-14(10-21)17(24-20-16)11-6-8-12(19)9-7-11/h3-9,21H,10H2,1-2H3. The van der Waals surface area contributed by atoms with Gasteiger partial charge in [0.1, 0.15) is 5.69 Å².